The van der Waals surface area contributed by atoms with Gasteiger partial charge in [0.05, 0.1) is 0 Å². The molecule has 0 fully saturated rings. The Labute approximate surface area is 79.3 Å². The summed E-state index contributed by atoms with van der Waals surface area (Å²) in [5.41, 5.74) is 5.61. The summed E-state index contributed by atoms with van der Waals surface area (Å²) in [6.45, 7) is 6.66. The molecule has 0 amide bonds. The third-order valence-electron chi connectivity index (χ3n) is 1.38. The molecule has 0 aromatic rings. The average Bonchev–Trinajstić information content (AvgIpc) is 2.09. The van der Waals surface area contributed by atoms with E-state index in [-0.39, 0.29) is 0 Å². The van der Waals surface area contributed by atoms with Gasteiger partial charge in [-0.25, -0.2) is 0 Å². The quantitative estimate of drug-likeness (QED) is 0.299. The standard InChI is InChI=1S/C9H18N2S/c1-3-5-6-7-11-9(10)12-8-4-2/h4H,2-3,5-8H2,1H3,(H2,10,11). The maximum absolute atomic E-state index is 5.61. The lowest BCUT2D eigenvalue weighted by molar-refractivity contribution is 0.728. The van der Waals surface area contributed by atoms with E-state index in [0.717, 1.165) is 18.7 Å². The molecular weight excluding hydrogens is 168 g/mol. The lowest BCUT2D eigenvalue weighted by atomic mass is 10.2. The molecule has 0 aliphatic carbocycles. The molecule has 12 heavy (non-hydrogen) atoms. The third-order valence-corrected chi connectivity index (χ3v) is 2.21. The van der Waals surface area contributed by atoms with Gasteiger partial charge < -0.3 is 5.73 Å². The van der Waals surface area contributed by atoms with E-state index in [2.05, 4.69) is 18.5 Å². The molecule has 0 aliphatic rings. The van der Waals surface area contributed by atoms with Gasteiger partial charge >= 0.3 is 0 Å². The van der Waals surface area contributed by atoms with Crippen molar-refractivity contribution < 1.29 is 0 Å². The molecule has 0 radical (unpaired) electrons. The number of unbranched alkanes of at least 4 members (excludes halogenated alkanes) is 2. The van der Waals surface area contributed by atoms with Crippen LogP contribution in [0.5, 0.6) is 0 Å². The molecular formula is C9H18N2S. The van der Waals surface area contributed by atoms with Crippen molar-refractivity contribution in [1.82, 2.24) is 0 Å². The number of thioether (sulfide) groups is 1. The van der Waals surface area contributed by atoms with Gasteiger partial charge in [0.25, 0.3) is 0 Å². The van der Waals surface area contributed by atoms with Crippen molar-refractivity contribution in [2.24, 2.45) is 10.7 Å². The second kappa shape index (κ2) is 8.65. The molecule has 3 heteroatoms. The van der Waals surface area contributed by atoms with Gasteiger partial charge in [0.2, 0.25) is 0 Å². The molecule has 0 saturated carbocycles. The van der Waals surface area contributed by atoms with Crippen molar-refractivity contribution >= 4 is 16.9 Å². The Bertz CT molecular complexity index is 143. The van der Waals surface area contributed by atoms with Gasteiger partial charge in [0, 0.05) is 12.3 Å². The molecule has 0 saturated heterocycles. The summed E-state index contributed by atoms with van der Waals surface area (Å²) >= 11 is 1.54. The number of nitrogens with zero attached hydrogens (tertiary/aromatic N) is 1. The van der Waals surface area contributed by atoms with E-state index in [1.165, 1.54) is 12.8 Å². The van der Waals surface area contributed by atoms with Crippen LogP contribution < -0.4 is 5.73 Å². The van der Waals surface area contributed by atoms with Crippen molar-refractivity contribution in [2.75, 3.05) is 12.3 Å². The first kappa shape index (κ1) is 11.6. The van der Waals surface area contributed by atoms with Crippen LogP contribution in [-0.4, -0.2) is 17.5 Å². The average molecular weight is 186 g/mol. The van der Waals surface area contributed by atoms with Crippen LogP contribution in [0, 0.1) is 0 Å². The summed E-state index contributed by atoms with van der Waals surface area (Å²) in [5.74, 6) is 0.850. The molecule has 0 aromatic heterocycles. The number of hydrogen-bond donors (Lipinski definition) is 1. The van der Waals surface area contributed by atoms with Crippen LogP contribution in [-0.2, 0) is 0 Å². The second-order valence-electron chi connectivity index (χ2n) is 2.53. The smallest absolute Gasteiger partial charge is 0.154 e. The summed E-state index contributed by atoms with van der Waals surface area (Å²) in [6.07, 6.45) is 5.45. The predicted octanol–water partition coefficient (Wildman–Crippen LogP) is 2.41. The zero-order valence-electron chi connectivity index (χ0n) is 7.75. The maximum atomic E-state index is 5.61. The zero-order chi connectivity index (χ0) is 9.23. The summed E-state index contributed by atoms with van der Waals surface area (Å²) in [4.78, 5) is 4.21. The summed E-state index contributed by atoms with van der Waals surface area (Å²) in [6, 6.07) is 0. The monoisotopic (exact) mass is 186 g/mol. The topological polar surface area (TPSA) is 38.4 Å². The molecule has 0 rings (SSSR count). The first-order valence-electron chi connectivity index (χ1n) is 4.34. The van der Waals surface area contributed by atoms with Gasteiger partial charge in [-0.15, -0.1) is 6.58 Å². The summed E-state index contributed by atoms with van der Waals surface area (Å²) < 4.78 is 0. The number of rotatable bonds is 6. The van der Waals surface area contributed by atoms with Crippen LogP contribution in [0.25, 0.3) is 0 Å². The molecule has 0 aromatic carbocycles. The highest BCUT2D eigenvalue weighted by atomic mass is 32.2. The molecule has 0 bridgehead atoms. The first-order valence-corrected chi connectivity index (χ1v) is 5.33. The van der Waals surface area contributed by atoms with Crippen LogP contribution in [0.4, 0.5) is 0 Å². The van der Waals surface area contributed by atoms with E-state index in [1.807, 2.05) is 6.08 Å². The minimum atomic E-state index is 0.686. The van der Waals surface area contributed by atoms with Crippen LogP contribution in [0.15, 0.2) is 17.6 Å². The molecule has 0 unspecified atom stereocenters. The normalized spacial score (nSPS) is 11.6. The molecule has 0 atom stereocenters. The molecule has 2 nitrogen and oxygen atoms in total. The van der Waals surface area contributed by atoms with Crippen molar-refractivity contribution in [3.05, 3.63) is 12.7 Å². The van der Waals surface area contributed by atoms with Gasteiger partial charge in [-0.3, -0.25) is 4.99 Å². The second-order valence-corrected chi connectivity index (χ2v) is 3.57. The Kier molecular flexibility index (Phi) is 8.34. The van der Waals surface area contributed by atoms with E-state index in [0.29, 0.717) is 5.17 Å². The molecule has 0 aliphatic heterocycles. The molecule has 2 N–H and O–H groups in total. The number of amidine groups is 1. The van der Waals surface area contributed by atoms with E-state index in [1.54, 1.807) is 11.8 Å². The van der Waals surface area contributed by atoms with Crippen LogP contribution in [0.3, 0.4) is 0 Å². The van der Waals surface area contributed by atoms with E-state index in [9.17, 15) is 0 Å². The summed E-state index contributed by atoms with van der Waals surface area (Å²) in [5, 5.41) is 0.686. The van der Waals surface area contributed by atoms with E-state index in [4.69, 9.17) is 5.73 Å². The lowest BCUT2D eigenvalue weighted by Crippen LogP contribution is -2.07. The van der Waals surface area contributed by atoms with E-state index >= 15 is 0 Å². The molecule has 0 heterocycles. The van der Waals surface area contributed by atoms with E-state index < -0.39 is 0 Å². The highest BCUT2D eigenvalue weighted by Gasteiger charge is 1.89. The van der Waals surface area contributed by atoms with Gasteiger partial charge in [-0.1, -0.05) is 37.6 Å². The van der Waals surface area contributed by atoms with Crippen LogP contribution in [0.2, 0.25) is 0 Å². The number of hydrogen-bond acceptors (Lipinski definition) is 2. The number of aliphatic imine (C=N–C) groups is 1. The van der Waals surface area contributed by atoms with Crippen LogP contribution >= 0.6 is 11.8 Å². The van der Waals surface area contributed by atoms with Crippen molar-refractivity contribution in [3.8, 4) is 0 Å². The minimum Gasteiger partial charge on any atom is -0.379 e. The predicted molar refractivity (Wildman–Crippen MR) is 58.7 cm³/mol. The lowest BCUT2D eigenvalue weighted by Gasteiger charge is -1.97. The van der Waals surface area contributed by atoms with Crippen LogP contribution in [0.1, 0.15) is 26.2 Å². The SMILES string of the molecule is C=CCSC(N)=NCCCCC. The zero-order valence-corrected chi connectivity index (χ0v) is 8.57. The van der Waals surface area contributed by atoms with Crippen molar-refractivity contribution in [2.45, 2.75) is 26.2 Å². The highest BCUT2D eigenvalue weighted by Crippen LogP contribution is 2.00. The Balaban J connectivity index is 3.34. The van der Waals surface area contributed by atoms with Gasteiger partial charge in [0.1, 0.15) is 0 Å². The Hall–Kier alpha value is -0.440. The largest absolute Gasteiger partial charge is 0.379 e. The fraction of sp³-hybridized carbons (Fsp3) is 0.667. The minimum absolute atomic E-state index is 0.686. The van der Waals surface area contributed by atoms with Gasteiger partial charge in [0.15, 0.2) is 5.17 Å². The van der Waals surface area contributed by atoms with Gasteiger partial charge in [-0.2, -0.15) is 0 Å². The fourth-order valence-corrected chi connectivity index (χ4v) is 1.21. The maximum Gasteiger partial charge on any atom is 0.154 e. The van der Waals surface area contributed by atoms with Crippen molar-refractivity contribution in [3.63, 3.8) is 0 Å². The molecule has 0 spiro atoms. The van der Waals surface area contributed by atoms with Gasteiger partial charge in [-0.05, 0) is 6.42 Å². The molecule has 70 valence electrons. The Morgan fingerprint density at radius 2 is 2.33 bits per heavy atom. The van der Waals surface area contributed by atoms with Crippen molar-refractivity contribution in [1.29, 1.82) is 0 Å². The highest BCUT2D eigenvalue weighted by molar-refractivity contribution is 8.13. The Morgan fingerprint density at radius 3 is 2.92 bits per heavy atom. The first-order chi connectivity index (χ1) is 5.81. The summed E-state index contributed by atoms with van der Waals surface area (Å²) in [7, 11) is 0. The Morgan fingerprint density at radius 1 is 1.58 bits per heavy atom. The third kappa shape index (κ3) is 7.66. The number of nitrogens with two attached hydrogens (primary N) is 1. The fourth-order valence-electron chi connectivity index (χ4n) is 0.741.